The highest BCUT2D eigenvalue weighted by Gasteiger charge is 2.57. The number of carbonyl (C=O) groups is 13. The van der Waals surface area contributed by atoms with Gasteiger partial charge in [-0.1, -0.05) is 40.6 Å². The summed E-state index contributed by atoms with van der Waals surface area (Å²) >= 11 is 1.05. The van der Waals surface area contributed by atoms with Crippen LogP contribution in [0.2, 0.25) is 0 Å². The van der Waals surface area contributed by atoms with Crippen LogP contribution < -0.4 is 10.6 Å². The summed E-state index contributed by atoms with van der Waals surface area (Å²) in [6, 6.07) is 7.41. The Hall–Kier alpha value is -4.86. The monoisotopic (exact) mass is 932 g/mol. The lowest BCUT2D eigenvalue weighted by molar-refractivity contribution is -0.156. The van der Waals surface area contributed by atoms with Crippen molar-refractivity contribution in [2.75, 3.05) is 44.4 Å². The third-order valence-electron chi connectivity index (χ3n) is 10.5. The molecule has 3 heterocycles. The van der Waals surface area contributed by atoms with Crippen LogP contribution in [0.3, 0.4) is 0 Å². The van der Waals surface area contributed by atoms with Crippen LogP contribution in [-0.2, 0) is 73.5 Å². The molecule has 0 bridgehead atoms. The summed E-state index contributed by atoms with van der Waals surface area (Å²) in [7, 11) is 3.56. The first-order valence-electron chi connectivity index (χ1n) is 20.1. The number of ketones is 7. The summed E-state index contributed by atoms with van der Waals surface area (Å²) in [5, 5.41) is 4.39. The zero-order chi connectivity index (χ0) is 47.2. The van der Waals surface area contributed by atoms with E-state index < -0.39 is 80.3 Å². The highest BCUT2D eigenvalue weighted by molar-refractivity contribution is 8.94. The number of β-lactam (4-membered cyclic amide) rings is 1. The molecule has 3 aliphatic rings. The van der Waals surface area contributed by atoms with Gasteiger partial charge in [-0.25, -0.2) is 0 Å². The van der Waals surface area contributed by atoms with E-state index in [9.17, 15) is 62.3 Å². The van der Waals surface area contributed by atoms with E-state index in [1.54, 1.807) is 6.92 Å². The average molecular weight is 933 g/mol. The Balaban J connectivity index is 0.000000437. The van der Waals surface area contributed by atoms with Gasteiger partial charge in [-0.05, 0) is 51.8 Å². The molecule has 1 unspecified atom stereocenters. The number of imide groups is 2. The van der Waals surface area contributed by atoms with Crippen molar-refractivity contribution in [3.63, 3.8) is 0 Å². The van der Waals surface area contributed by atoms with Crippen molar-refractivity contribution >= 4 is 115 Å². The second-order valence-corrected chi connectivity index (χ2v) is 19.1. The maximum absolute atomic E-state index is 13.5. The minimum absolute atomic E-state index is 0.0239. The molecular formula is C42H52N4O14S3. The second-order valence-electron chi connectivity index (χ2n) is 15.0. The molecule has 0 radical (unpaired) electrons. The van der Waals surface area contributed by atoms with Crippen LogP contribution in [0.25, 0.3) is 0 Å². The van der Waals surface area contributed by atoms with Crippen LogP contribution in [-0.4, -0.2) is 134 Å². The Kier molecular flexibility index (Phi) is 19.8. The molecule has 3 aliphatic heterocycles. The fraction of sp³-hybridized carbons (Fsp3) is 0.548. The number of anilines is 1. The lowest BCUT2D eigenvalue weighted by atomic mass is 9.68. The summed E-state index contributed by atoms with van der Waals surface area (Å²) in [6.45, 7) is 5.54. The van der Waals surface area contributed by atoms with Gasteiger partial charge in [-0.15, -0.1) is 11.8 Å². The van der Waals surface area contributed by atoms with Crippen LogP contribution in [0.4, 0.5) is 5.69 Å². The second kappa shape index (κ2) is 23.7. The molecular weight excluding hydrogens is 881 g/mol. The number of aryl methyl sites for hydroxylation is 1. The molecule has 2 N–H and O–H groups in total. The van der Waals surface area contributed by atoms with Crippen LogP contribution >= 0.6 is 33.3 Å². The molecule has 18 nitrogen and oxygen atoms in total. The SMILES string of the molecule is CCC(=O)Nc1ccc(CCC(=O)N2CCC2=O)cc1.COCC(=O)NC[C@@H](CC(=O)CCSC1CC(=O)N(CCC(=O)C2(C(C)=O)SS2)C1=O)C(=O)C(C(C)=O)(C(C)=O)C(C)=O. The van der Waals surface area contributed by atoms with E-state index in [1.165, 1.54) is 18.9 Å². The highest BCUT2D eigenvalue weighted by Crippen LogP contribution is 2.66. The number of Topliss-reactive ketones (excluding diaryl/α,β-unsaturated/α-hetero) is 7. The molecule has 0 saturated carbocycles. The number of thioether (sulfide) groups is 1. The number of carbonyl (C=O) groups excluding carboxylic acids is 13. The molecule has 0 spiro atoms. The summed E-state index contributed by atoms with van der Waals surface area (Å²) in [6.07, 6.45) is 0.945. The Morgan fingerprint density at radius 2 is 1.49 bits per heavy atom. The minimum atomic E-state index is -2.60. The maximum Gasteiger partial charge on any atom is 0.246 e. The van der Waals surface area contributed by atoms with Crippen molar-refractivity contribution in [3.05, 3.63) is 29.8 Å². The summed E-state index contributed by atoms with van der Waals surface area (Å²) in [5.74, 6) is -8.30. The molecule has 0 aromatic heterocycles. The van der Waals surface area contributed by atoms with Crippen molar-refractivity contribution in [2.45, 2.75) is 95.3 Å². The molecule has 6 amide bonds. The summed E-state index contributed by atoms with van der Waals surface area (Å²) < 4.78 is 3.58. The number of likely N-dealkylation sites (tertiary alicyclic amines) is 2. The number of methoxy groups -OCH3 is 1. The van der Waals surface area contributed by atoms with Gasteiger partial charge in [-0.3, -0.25) is 72.1 Å². The van der Waals surface area contributed by atoms with Crippen LogP contribution in [0.15, 0.2) is 24.3 Å². The van der Waals surface area contributed by atoms with Gasteiger partial charge in [0.15, 0.2) is 38.8 Å². The van der Waals surface area contributed by atoms with E-state index in [1.807, 2.05) is 24.3 Å². The van der Waals surface area contributed by atoms with E-state index in [0.29, 0.717) is 32.2 Å². The van der Waals surface area contributed by atoms with Gasteiger partial charge in [0.1, 0.15) is 12.4 Å². The van der Waals surface area contributed by atoms with Gasteiger partial charge in [0.25, 0.3) is 0 Å². The molecule has 4 rings (SSSR count). The van der Waals surface area contributed by atoms with E-state index in [4.69, 9.17) is 4.74 Å². The topological polar surface area (TPSA) is 262 Å². The molecule has 0 aliphatic carbocycles. The van der Waals surface area contributed by atoms with Gasteiger partial charge >= 0.3 is 0 Å². The average Bonchev–Trinajstić information content (AvgIpc) is 3.99. The van der Waals surface area contributed by atoms with Gasteiger partial charge in [-0.2, -0.15) is 0 Å². The first-order chi connectivity index (χ1) is 29.6. The maximum atomic E-state index is 13.5. The van der Waals surface area contributed by atoms with Crippen molar-refractivity contribution in [1.82, 2.24) is 15.1 Å². The van der Waals surface area contributed by atoms with Gasteiger partial charge in [0.2, 0.25) is 40.9 Å². The lowest BCUT2D eigenvalue weighted by Crippen LogP contribution is -2.54. The Bertz CT molecular complexity index is 2000. The Morgan fingerprint density at radius 1 is 0.873 bits per heavy atom. The van der Waals surface area contributed by atoms with Crippen molar-refractivity contribution in [1.29, 1.82) is 0 Å². The fourth-order valence-corrected chi connectivity index (χ4v) is 10.1. The third-order valence-corrected chi connectivity index (χ3v) is 14.7. The number of ether oxygens (including phenoxy) is 1. The van der Waals surface area contributed by atoms with E-state index in [-0.39, 0.29) is 67.5 Å². The zero-order valence-electron chi connectivity index (χ0n) is 36.0. The predicted molar refractivity (Wildman–Crippen MR) is 233 cm³/mol. The third kappa shape index (κ3) is 13.6. The summed E-state index contributed by atoms with van der Waals surface area (Å²) in [4.78, 5) is 161. The number of hydrogen-bond acceptors (Lipinski definition) is 17. The molecule has 1 aromatic rings. The highest BCUT2D eigenvalue weighted by atomic mass is 33.2. The van der Waals surface area contributed by atoms with E-state index in [2.05, 4.69) is 10.6 Å². The molecule has 3 fully saturated rings. The Labute approximate surface area is 376 Å². The van der Waals surface area contributed by atoms with Gasteiger partial charge in [0, 0.05) is 89.0 Å². The van der Waals surface area contributed by atoms with Crippen molar-refractivity contribution in [2.24, 2.45) is 11.3 Å². The minimum Gasteiger partial charge on any atom is -0.375 e. The number of benzene rings is 1. The fourth-order valence-electron chi connectivity index (χ4n) is 6.75. The molecule has 63 heavy (non-hydrogen) atoms. The predicted octanol–water partition coefficient (Wildman–Crippen LogP) is 2.26. The van der Waals surface area contributed by atoms with Gasteiger partial charge in [0.05, 0.1) is 5.25 Å². The number of hydrogen-bond donors (Lipinski definition) is 2. The quantitative estimate of drug-likeness (QED) is 0.0468. The number of nitrogens with zero attached hydrogens (tertiary/aromatic N) is 2. The van der Waals surface area contributed by atoms with Crippen molar-refractivity contribution < 1.29 is 67.1 Å². The molecule has 3 saturated heterocycles. The number of amides is 6. The molecule has 1 aromatic carbocycles. The Morgan fingerprint density at radius 3 is 1.98 bits per heavy atom. The standard InChI is InChI=1S/C27H34N2O11S3.C15H18N2O3/c1-14(30)26(15(2)31,16(3)32)24(38)18(12-28-22(36)13-40-5)10-19(34)7-9-41-20-11-23(37)29(25(20)39)8-6-21(35)27(17(4)33)42-43-27;1-2-13(18)16-12-6-3-11(4-7-12)5-8-14(19)17-10-9-15(17)20/h18,20H,6-13H2,1-5H3,(H,28,36);3-4,6-7H,2,5,8-10H2,1H3,(H,16,18)/t18-,20?;/m1./s1. The van der Waals surface area contributed by atoms with Crippen LogP contribution in [0, 0.1) is 11.3 Å². The largest absolute Gasteiger partial charge is 0.375 e. The molecule has 342 valence electrons. The van der Waals surface area contributed by atoms with E-state index in [0.717, 1.165) is 70.3 Å². The number of nitrogens with one attached hydrogen (secondary N) is 2. The normalized spacial score (nSPS) is 16.8. The van der Waals surface area contributed by atoms with E-state index >= 15 is 0 Å². The lowest BCUT2D eigenvalue weighted by Gasteiger charge is -2.28. The van der Waals surface area contributed by atoms with Gasteiger partial charge < -0.3 is 15.4 Å². The van der Waals surface area contributed by atoms with Crippen LogP contribution in [0.5, 0.6) is 0 Å². The molecule has 2 atom stereocenters. The first-order valence-corrected chi connectivity index (χ1v) is 23.3. The van der Waals surface area contributed by atoms with Crippen LogP contribution in [0.1, 0.15) is 85.1 Å². The smallest absolute Gasteiger partial charge is 0.246 e. The summed E-state index contributed by atoms with van der Waals surface area (Å²) in [5.41, 5.74) is -0.834. The molecule has 21 heteroatoms. The van der Waals surface area contributed by atoms with Crippen molar-refractivity contribution in [3.8, 4) is 0 Å². The number of rotatable bonds is 25. The zero-order valence-corrected chi connectivity index (χ0v) is 38.4. The first kappa shape index (κ1) is 52.5.